The van der Waals surface area contributed by atoms with Gasteiger partial charge in [0, 0.05) is 24.6 Å². The SMILES string of the molecule is C[C@@H]1CCCCN1S(=O)(=O)c1cc(-c2nnc(C3CC3)o2)co1. The second kappa shape index (κ2) is 5.45. The third-order valence-corrected chi connectivity index (χ3v) is 6.38. The molecule has 1 atom stereocenters. The molecule has 1 aliphatic heterocycles. The summed E-state index contributed by atoms with van der Waals surface area (Å²) in [5, 5.41) is 7.93. The van der Waals surface area contributed by atoms with E-state index < -0.39 is 10.0 Å². The standard InChI is InChI=1S/C15H19N3O4S/c1-10-4-2-3-7-18(10)23(19,20)13-8-12(9-21-13)15-17-16-14(22-15)11-5-6-11/h8-11H,2-7H2,1H3/t10-/m1/s1. The molecule has 4 rings (SSSR count). The molecule has 0 bridgehead atoms. The number of rotatable bonds is 4. The Labute approximate surface area is 134 Å². The number of piperidine rings is 1. The zero-order valence-electron chi connectivity index (χ0n) is 12.9. The van der Waals surface area contributed by atoms with Gasteiger partial charge >= 0.3 is 0 Å². The third kappa shape index (κ3) is 2.70. The van der Waals surface area contributed by atoms with Gasteiger partial charge in [0.05, 0.1) is 5.56 Å². The van der Waals surface area contributed by atoms with Crippen molar-refractivity contribution in [3.8, 4) is 11.5 Å². The number of hydrogen-bond donors (Lipinski definition) is 0. The lowest BCUT2D eigenvalue weighted by Gasteiger charge is -2.31. The Morgan fingerprint density at radius 1 is 1.22 bits per heavy atom. The van der Waals surface area contributed by atoms with E-state index in [0.29, 0.717) is 29.8 Å². The lowest BCUT2D eigenvalue weighted by molar-refractivity contribution is 0.262. The molecule has 2 aromatic heterocycles. The van der Waals surface area contributed by atoms with E-state index in [-0.39, 0.29) is 11.1 Å². The molecule has 8 heteroatoms. The fourth-order valence-electron chi connectivity index (χ4n) is 2.95. The van der Waals surface area contributed by atoms with E-state index in [1.165, 1.54) is 16.6 Å². The van der Waals surface area contributed by atoms with Gasteiger partial charge in [-0.1, -0.05) is 6.42 Å². The molecule has 0 spiro atoms. The van der Waals surface area contributed by atoms with Crippen LogP contribution in [0.5, 0.6) is 0 Å². The van der Waals surface area contributed by atoms with E-state index in [2.05, 4.69) is 10.2 Å². The second-order valence-electron chi connectivity index (χ2n) is 6.33. The summed E-state index contributed by atoms with van der Waals surface area (Å²) in [6, 6.07) is 1.47. The molecule has 0 unspecified atom stereocenters. The molecule has 2 fully saturated rings. The van der Waals surface area contributed by atoms with Gasteiger partial charge in [-0.3, -0.25) is 0 Å². The quantitative estimate of drug-likeness (QED) is 0.852. The summed E-state index contributed by atoms with van der Waals surface area (Å²) in [4.78, 5) is 0. The average Bonchev–Trinajstić information content (AvgIpc) is 3.07. The first-order valence-corrected chi connectivity index (χ1v) is 9.44. The lowest BCUT2D eigenvalue weighted by atomic mass is 10.1. The normalized spacial score (nSPS) is 23.3. The molecule has 3 heterocycles. The average molecular weight is 337 g/mol. The van der Waals surface area contributed by atoms with Crippen LogP contribution in [-0.2, 0) is 10.0 Å². The van der Waals surface area contributed by atoms with Crippen LogP contribution in [0.1, 0.15) is 50.8 Å². The molecule has 2 aromatic rings. The number of sulfonamides is 1. The number of nitrogens with zero attached hydrogens (tertiary/aromatic N) is 3. The lowest BCUT2D eigenvalue weighted by Crippen LogP contribution is -2.41. The molecular weight excluding hydrogens is 318 g/mol. The summed E-state index contributed by atoms with van der Waals surface area (Å²) in [6.45, 7) is 2.46. The Kier molecular flexibility index (Phi) is 3.53. The van der Waals surface area contributed by atoms with Crippen molar-refractivity contribution in [3.05, 3.63) is 18.2 Å². The minimum absolute atomic E-state index is 0.00725. The van der Waals surface area contributed by atoms with Gasteiger partial charge in [-0.15, -0.1) is 10.2 Å². The predicted octanol–water partition coefficient (Wildman–Crippen LogP) is 2.77. The van der Waals surface area contributed by atoms with Crippen LogP contribution in [0.2, 0.25) is 0 Å². The van der Waals surface area contributed by atoms with Gasteiger partial charge in [0.1, 0.15) is 6.26 Å². The zero-order valence-corrected chi connectivity index (χ0v) is 13.8. The molecule has 0 radical (unpaired) electrons. The van der Waals surface area contributed by atoms with Crippen LogP contribution in [-0.4, -0.2) is 35.5 Å². The van der Waals surface area contributed by atoms with Crippen molar-refractivity contribution in [2.24, 2.45) is 0 Å². The van der Waals surface area contributed by atoms with E-state index >= 15 is 0 Å². The Morgan fingerprint density at radius 2 is 2.04 bits per heavy atom. The summed E-state index contributed by atoms with van der Waals surface area (Å²) in [7, 11) is -3.62. The first-order chi connectivity index (χ1) is 11.1. The van der Waals surface area contributed by atoms with Gasteiger partial charge in [-0.25, -0.2) is 8.42 Å². The fraction of sp³-hybridized carbons (Fsp3) is 0.600. The topological polar surface area (TPSA) is 89.4 Å². The molecular formula is C15H19N3O4S. The predicted molar refractivity (Wildman–Crippen MR) is 81.2 cm³/mol. The van der Waals surface area contributed by atoms with Gasteiger partial charge in [0.15, 0.2) is 0 Å². The van der Waals surface area contributed by atoms with Gasteiger partial charge < -0.3 is 8.83 Å². The molecule has 7 nitrogen and oxygen atoms in total. The summed E-state index contributed by atoms with van der Waals surface area (Å²) in [5.74, 6) is 1.29. The van der Waals surface area contributed by atoms with Crippen molar-refractivity contribution in [1.82, 2.24) is 14.5 Å². The number of aromatic nitrogens is 2. The van der Waals surface area contributed by atoms with Gasteiger partial charge in [0.25, 0.3) is 15.9 Å². The molecule has 0 aromatic carbocycles. The third-order valence-electron chi connectivity index (χ3n) is 4.49. The molecule has 124 valence electrons. The van der Waals surface area contributed by atoms with Crippen molar-refractivity contribution in [1.29, 1.82) is 0 Å². The highest BCUT2D eigenvalue weighted by atomic mass is 32.2. The highest BCUT2D eigenvalue weighted by Gasteiger charge is 2.34. The van der Waals surface area contributed by atoms with Crippen LogP contribution < -0.4 is 0 Å². The monoisotopic (exact) mass is 337 g/mol. The van der Waals surface area contributed by atoms with Crippen LogP contribution in [0, 0.1) is 0 Å². The molecule has 0 amide bonds. The van der Waals surface area contributed by atoms with Crippen LogP contribution in [0.4, 0.5) is 0 Å². The Hall–Kier alpha value is -1.67. The van der Waals surface area contributed by atoms with Crippen LogP contribution in [0.25, 0.3) is 11.5 Å². The van der Waals surface area contributed by atoms with Crippen LogP contribution in [0.15, 0.2) is 26.3 Å². The summed E-state index contributed by atoms with van der Waals surface area (Å²) < 4.78 is 37.9. The minimum atomic E-state index is -3.62. The fourth-order valence-corrected chi connectivity index (χ4v) is 4.58. The summed E-state index contributed by atoms with van der Waals surface area (Å²) in [5.41, 5.74) is 0.507. The smallest absolute Gasteiger partial charge is 0.276 e. The number of hydrogen-bond acceptors (Lipinski definition) is 6. The molecule has 2 aliphatic rings. The number of furan rings is 1. The van der Waals surface area contributed by atoms with Crippen molar-refractivity contribution in [2.75, 3.05) is 6.54 Å². The zero-order chi connectivity index (χ0) is 16.0. The van der Waals surface area contributed by atoms with E-state index in [9.17, 15) is 8.42 Å². The molecule has 1 aliphatic carbocycles. The summed E-state index contributed by atoms with van der Waals surface area (Å²) in [6.07, 6.45) is 6.32. The molecule has 23 heavy (non-hydrogen) atoms. The second-order valence-corrected chi connectivity index (χ2v) is 8.16. The molecule has 1 saturated carbocycles. The van der Waals surface area contributed by atoms with E-state index in [1.54, 1.807) is 0 Å². The van der Waals surface area contributed by atoms with Crippen molar-refractivity contribution >= 4 is 10.0 Å². The van der Waals surface area contributed by atoms with E-state index in [1.807, 2.05) is 6.92 Å². The van der Waals surface area contributed by atoms with Crippen molar-refractivity contribution in [2.45, 2.75) is 56.1 Å². The van der Waals surface area contributed by atoms with Crippen LogP contribution >= 0.6 is 0 Å². The Balaban J connectivity index is 1.61. The van der Waals surface area contributed by atoms with Crippen molar-refractivity contribution in [3.63, 3.8) is 0 Å². The van der Waals surface area contributed by atoms with Gasteiger partial charge in [-0.2, -0.15) is 4.31 Å². The highest BCUT2D eigenvalue weighted by Crippen LogP contribution is 2.40. The maximum atomic E-state index is 12.7. The van der Waals surface area contributed by atoms with Gasteiger partial charge in [0.2, 0.25) is 11.0 Å². The van der Waals surface area contributed by atoms with Crippen LogP contribution in [0.3, 0.4) is 0 Å². The molecule has 0 N–H and O–H groups in total. The Morgan fingerprint density at radius 3 is 2.78 bits per heavy atom. The van der Waals surface area contributed by atoms with Gasteiger partial charge in [-0.05, 0) is 32.6 Å². The molecule has 1 saturated heterocycles. The maximum absolute atomic E-state index is 12.7. The minimum Gasteiger partial charge on any atom is -0.451 e. The largest absolute Gasteiger partial charge is 0.451 e. The van der Waals surface area contributed by atoms with E-state index in [4.69, 9.17) is 8.83 Å². The highest BCUT2D eigenvalue weighted by molar-refractivity contribution is 7.89. The van der Waals surface area contributed by atoms with E-state index in [0.717, 1.165) is 32.1 Å². The summed E-state index contributed by atoms with van der Waals surface area (Å²) >= 11 is 0. The first kappa shape index (κ1) is 14.9. The first-order valence-electron chi connectivity index (χ1n) is 8.00. The van der Waals surface area contributed by atoms with Crippen molar-refractivity contribution < 1.29 is 17.3 Å². The maximum Gasteiger partial charge on any atom is 0.276 e. The Bertz CT molecular complexity index is 806.